The first-order valence-corrected chi connectivity index (χ1v) is 9.28. The van der Waals surface area contributed by atoms with Crippen LogP contribution < -0.4 is 4.74 Å². The molecule has 1 fully saturated rings. The number of likely N-dealkylation sites (tertiary alicyclic amines) is 1. The molecular weight excluding hydrogens is 366 g/mol. The Hall–Kier alpha value is -3.60. The molecule has 1 aliphatic rings. The fraction of sp³-hybridized carbons (Fsp3) is 0.167. The molecule has 0 spiro atoms. The quantitative estimate of drug-likeness (QED) is 0.334. The summed E-state index contributed by atoms with van der Waals surface area (Å²) in [4.78, 5) is 26.8. The number of rotatable bonds is 7. The van der Waals surface area contributed by atoms with E-state index in [1.807, 2.05) is 31.2 Å². The van der Waals surface area contributed by atoms with Crippen molar-refractivity contribution in [3.8, 4) is 5.75 Å². The van der Waals surface area contributed by atoms with Crippen LogP contribution in [0.15, 0.2) is 79.4 Å². The molecule has 0 bridgehead atoms. The predicted molar refractivity (Wildman–Crippen MR) is 113 cm³/mol. The Labute approximate surface area is 170 Å². The molecule has 5 heteroatoms. The molecule has 1 aliphatic heterocycles. The summed E-state index contributed by atoms with van der Waals surface area (Å²) in [7, 11) is 0. The van der Waals surface area contributed by atoms with E-state index in [1.54, 1.807) is 36.4 Å². The average molecular weight is 389 g/mol. The van der Waals surface area contributed by atoms with Gasteiger partial charge in [-0.3, -0.25) is 9.59 Å². The van der Waals surface area contributed by atoms with Crippen molar-refractivity contribution < 1.29 is 19.4 Å². The van der Waals surface area contributed by atoms with Crippen molar-refractivity contribution in [1.82, 2.24) is 4.90 Å². The number of ketones is 1. The SMILES string of the molecule is C=CCOc1ccc(C(O)=C2C(=O)C(=O)N(CC=C)[C@H]2c2ccc(C)cc2)cc1. The second-order valence-electron chi connectivity index (χ2n) is 6.77. The summed E-state index contributed by atoms with van der Waals surface area (Å²) in [6.45, 7) is 9.81. The third-order valence-electron chi connectivity index (χ3n) is 4.75. The number of carbonyl (C=O) groups excluding carboxylic acids is 2. The topological polar surface area (TPSA) is 66.8 Å². The zero-order valence-electron chi connectivity index (χ0n) is 16.3. The number of benzene rings is 2. The maximum absolute atomic E-state index is 12.8. The Morgan fingerprint density at radius 1 is 1.07 bits per heavy atom. The molecule has 0 saturated carbocycles. The third-order valence-corrected chi connectivity index (χ3v) is 4.75. The average Bonchev–Trinajstić information content (AvgIpc) is 2.98. The highest BCUT2D eigenvalue weighted by Crippen LogP contribution is 2.39. The summed E-state index contributed by atoms with van der Waals surface area (Å²) >= 11 is 0. The van der Waals surface area contributed by atoms with Gasteiger partial charge in [0.1, 0.15) is 18.1 Å². The standard InChI is InChI=1S/C24H23NO4/c1-4-14-25-21(17-8-6-16(3)7-9-17)20(23(27)24(25)28)22(26)18-10-12-19(13-11-18)29-15-5-2/h4-13,21,26H,1-2,14-15H2,3H3/t21-/m0/s1. The van der Waals surface area contributed by atoms with Gasteiger partial charge >= 0.3 is 0 Å². The molecule has 1 amide bonds. The summed E-state index contributed by atoms with van der Waals surface area (Å²) in [5.74, 6) is -0.954. The molecule has 2 aromatic carbocycles. The summed E-state index contributed by atoms with van der Waals surface area (Å²) in [5, 5.41) is 10.9. The van der Waals surface area contributed by atoms with Gasteiger partial charge in [0.2, 0.25) is 0 Å². The van der Waals surface area contributed by atoms with E-state index in [2.05, 4.69) is 13.2 Å². The molecule has 1 saturated heterocycles. The first-order chi connectivity index (χ1) is 14.0. The predicted octanol–water partition coefficient (Wildman–Crippen LogP) is 4.17. The van der Waals surface area contributed by atoms with Crippen molar-refractivity contribution >= 4 is 17.4 Å². The number of aliphatic hydroxyl groups excluding tert-OH is 1. The Morgan fingerprint density at radius 3 is 2.31 bits per heavy atom. The van der Waals surface area contributed by atoms with Crippen LogP contribution in [0.5, 0.6) is 5.75 Å². The molecule has 29 heavy (non-hydrogen) atoms. The number of Topliss-reactive ketones (excluding diaryl/α,β-unsaturated/α-hetero) is 1. The number of aryl methyl sites for hydroxylation is 1. The van der Waals surface area contributed by atoms with Crippen LogP contribution >= 0.6 is 0 Å². The number of nitrogens with zero attached hydrogens (tertiary/aromatic N) is 1. The fourth-order valence-electron chi connectivity index (χ4n) is 3.32. The number of ether oxygens (including phenoxy) is 1. The van der Waals surface area contributed by atoms with Gasteiger partial charge < -0.3 is 14.7 Å². The number of hydrogen-bond acceptors (Lipinski definition) is 4. The van der Waals surface area contributed by atoms with Gasteiger partial charge in [0.05, 0.1) is 11.6 Å². The zero-order valence-corrected chi connectivity index (χ0v) is 16.3. The van der Waals surface area contributed by atoms with Crippen LogP contribution in [0.25, 0.3) is 5.76 Å². The molecule has 0 radical (unpaired) electrons. The van der Waals surface area contributed by atoms with Crippen LogP contribution in [-0.2, 0) is 9.59 Å². The van der Waals surface area contributed by atoms with E-state index in [4.69, 9.17) is 4.74 Å². The second-order valence-corrected chi connectivity index (χ2v) is 6.77. The number of carbonyl (C=O) groups is 2. The lowest BCUT2D eigenvalue weighted by molar-refractivity contribution is -0.139. The fourth-order valence-corrected chi connectivity index (χ4v) is 3.32. The lowest BCUT2D eigenvalue weighted by atomic mass is 9.94. The normalized spacial score (nSPS) is 18.0. The summed E-state index contributed by atoms with van der Waals surface area (Å²) in [5.41, 5.74) is 2.32. The number of amides is 1. The van der Waals surface area contributed by atoms with Gasteiger partial charge in [-0.15, -0.1) is 6.58 Å². The minimum absolute atomic E-state index is 0.0699. The van der Waals surface area contributed by atoms with Crippen molar-refractivity contribution in [2.45, 2.75) is 13.0 Å². The van der Waals surface area contributed by atoms with E-state index in [9.17, 15) is 14.7 Å². The summed E-state index contributed by atoms with van der Waals surface area (Å²) in [6, 6.07) is 13.6. The van der Waals surface area contributed by atoms with Crippen molar-refractivity contribution in [2.24, 2.45) is 0 Å². The lowest BCUT2D eigenvalue weighted by Gasteiger charge is -2.24. The van der Waals surface area contributed by atoms with Crippen LogP contribution in [-0.4, -0.2) is 34.8 Å². The molecule has 3 rings (SSSR count). The maximum atomic E-state index is 12.8. The van der Waals surface area contributed by atoms with Crippen LogP contribution in [0.3, 0.4) is 0 Å². The largest absolute Gasteiger partial charge is 0.507 e. The number of hydrogen-bond donors (Lipinski definition) is 1. The first kappa shape index (κ1) is 20.1. The smallest absolute Gasteiger partial charge is 0.295 e. The summed E-state index contributed by atoms with van der Waals surface area (Å²) in [6.07, 6.45) is 3.20. The minimum atomic E-state index is -0.707. The molecule has 5 nitrogen and oxygen atoms in total. The molecule has 0 aromatic heterocycles. The van der Waals surface area contributed by atoms with Gasteiger partial charge in [-0.25, -0.2) is 0 Å². The van der Waals surface area contributed by atoms with Crippen molar-refractivity contribution in [1.29, 1.82) is 0 Å². The van der Waals surface area contributed by atoms with E-state index in [-0.39, 0.29) is 17.9 Å². The molecule has 0 unspecified atom stereocenters. The van der Waals surface area contributed by atoms with Gasteiger partial charge in [0.25, 0.3) is 11.7 Å². The van der Waals surface area contributed by atoms with Gasteiger partial charge in [-0.2, -0.15) is 0 Å². The third kappa shape index (κ3) is 3.99. The van der Waals surface area contributed by atoms with E-state index in [1.165, 1.54) is 4.90 Å². The van der Waals surface area contributed by atoms with Gasteiger partial charge in [0, 0.05) is 12.1 Å². The Bertz CT molecular complexity index is 971. The van der Waals surface area contributed by atoms with E-state index in [0.717, 1.165) is 11.1 Å². The molecule has 0 aliphatic carbocycles. The van der Waals surface area contributed by atoms with Gasteiger partial charge in [-0.1, -0.05) is 48.6 Å². The molecule has 1 N–H and O–H groups in total. The second kappa shape index (κ2) is 8.61. The van der Waals surface area contributed by atoms with Gasteiger partial charge in [-0.05, 0) is 36.8 Å². The Morgan fingerprint density at radius 2 is 1.72 bits per heavy atom. The van der Waals surface area contributed by atoms with E-state index >= 15 is 0 Å². The van der Waals surface area contributed by atoms with Crippen LogP contribution in [0.1, 0.15) is 22.7 Å². The molecule has 2 aromatic rings. The minimum Gasteiger partial charge on any atom is -0.507 e. The number of aliphatic hydroxyl groups is 1. The van der Waals surface area contributed by atoms with Crippen LogP contribution in [0.2, 0.25) is 0 Å². The van der Waals surface area contributed by atoms with Crippen molar-refractivity contribution in [2.75, 3.05) is 13.2 Å². The molecular formula is C24H23NO4. The van der Waals surface area contributed by atoms with Crippen LogP contribution in [0.4, 0.5) is 0 Å². The van der Waals surface area contributed by atoms with Crippen molar-refractivity contribution in [3.63, 3.8) is 0 Å². The molecule has 1 atom stereocenters. The highest BCUT2D eigenvalue weighted by atomic mass is 16.5. The van der Waals surface area contributed by atoms with E-state index < -0.39 is 17.7 Å². The first-order valence-electron chi connectivity index (χ1n) is 9.28. The highest BCUT2D eigenvalue weighted by molar-refractivity contribution is 6.46. The monoisotopic (exact) mass is 389 g/mol. The summed E-state index contributed by atoms with van der Waals surface area (Å²) < 4.78 is 5.45. The Kier molecular flexibility index (Phi) is 5.98. The van der Waals surface area contributed by atoms with Crippen LogP contribution in [0, 0.1) is 6.92 Å². The van der Waals surface area contributed by atoms with Crippen molar-refractivity contribution in [3.05, 3.63) is 96.1 Å². The van der Waals surface area contributed by atoms with E-state index in [0.29, 0.717) is 17.9 Å². The molecule has 1 heterocycles. The maximum Gasteiger partial charge on any atom is 0.295 e. The Balaban J connectivity index is 2.08. The lowest BCUT2D eigenvalue weighted by Crippen LogP contribution is -2.29. The highest BCUT2D eigenvalue weighted by Gasteiger charge is 2.45. The zero-order chi connectivity index (χ0) is 21.0. The van der Waals surface area contributed by atoms with Gasteiger partial charge in [0.15, 0.2) is 0 Å². The molecule has 148 valence electrons.